The molecular formula is C20H28N4O2. The molecule has 1 aliphatic heterocycles. The van der Waals surface area contributed by atoms with Crippen LogP contribution in [0.15, 0.2) is 24.3 Å². The number of carbonyl (C=O) groups is 2. The lowest BCUT2D eigenvalue weighted by molar-refractivity contribution is -0.124. The Kier molecular flexibility index (Phi) is 6.38. The average Bonchev–Trinajstić information content (AvgIpc) is 2.62. The van der Waals surface area contributed by atoms with Gasteiger partial charge in [0.25, 0.3) is 0 Å². The van der Waals surface area contributed by atoms with Crippen LogP contribution in [-0.4, -0.2) is 54.9 Å². The molecule has 1 heterocycles. The minimum atomic E-state index is -0.836. The summed E-state index contributed by atoms with van der Waals surface area (Å²) in [5.74, 6) is 0.00595. The van der Waals surface area contributed by atoms with Crippen LogP contribution in [0.5, 0.6) is 0 Å². The van der Waals surface area contributed by atoms with Crippen LogP contribution in [0.1, 0.15) is 38.1 Å². The van der Waals surface area contributed by atoms with E-state index in [1.54, 1.807) is 13.8 Å². The molecule has 1 fully saturated rings. The number of rotatable bonds is 6. The Bertz CT molecular complexity index is 685. The topological polar surface area (TPSA) is 76.4 Å². The van der Waals surface area contributed by atoms with Crippen LogP contribution in [0, 0.1) is 17.2 Å². The Hall–Kier alpha value is -2.39. The molecule has 0 saturated carbocycles. The van der Waals surface area contributed by atoms with Crippen molar-refractivity contribution in [2.75, 3.05) is 37.6 Å². The Morgan fingerprint density at radius 1 is 1.19 bits per heavy atom. The van der Waals surface area contributed by atoms with Crippen molar-refractivity contribution in [3.8, 4) is 6.07 Å². The normalized spacial score (nSPS) is 17.5. The van der Waals surface area contributed by atoms with E-state index in [0.29, 0.717) is 6.54 Å². The Morgan fingerprint density at radius 2 is 1.77 bits per heavy atom. The molecular weight excluding hydrogens is 328 g/mol. The van der Waals surface area contributed by atoms with Crippen molar-refractivity contribution < 1.29 is 9.59 Å². The van der Waals surface area contributed by atoms with Crippen molar-refractivity contribution >= 4 is 17.4 Å². The molecule has 0 unspecified atom stereocenters. The van der Waals surface area contributed by atoms with E-state index in [0.717, 1.165) is 37.4 Å². The molecule has 6 heteroatoms. The molecule has 1 N–H and O–H groups in total. The van der Waals surface area contributed by atoms with Crippen molar-refractivity contribution in [3.63, 3.8) is 0 Å². The van der Waals surface area contributed by atoms with E-state index in [2.05, 4.69) is 21.2 Å². The first kappa shape index (κ1) is 19.9. The lowest BCUT2D eigenvalue weighted by Gasteiger charge is -2.36. The maximum Gasteiger partial charge on any atom is 0.235 e. The van der Waals surface area contributed by atoms with Gasteiger partial charge in [-0.1, -0.05) is 13.8 Å². The summed E-state index contributed by atoms with van der Waals surface area (Å²) >= 11 is 0. The van der Waals surface area contributed by atoms with Gasteiger partial charge in [-0.15, -0.1) is 0 Å². The van der Waals surface area contributed by atoms with E-state index in [4.69, 9.17) is 0 Å². The number of amides is 1. The van der Waals surface area contributed by atoms with Crippen LogP contribution >= 0.6 is 0 Å². The number of benzene rings is 1. The van der Waals surface area contributed by atoms with E-state index in [1.807, 2.05) is 38.1 Å². The molecule has 1 atom stereocenters. The Balaban J connectivity index is 1.85. The van der Waals surface area contributed by atoms with E-state index < -0.39 is 5.54 Å². The molecule has 1 aromatic carbocycles. The third-order valence-corrected chi connectivity index (χ3v) is 5.16. The van der Waals surface area contributed by atoms with Gasteiger partial charge in [-0.2, -0.15) is 5.26 Å². The van der Waals surface area contributed by atoms with Gasteiger partial charge in [0, 0.05) is 37.4 Å². The standard InChI is InChI=1S/C20H28N4O2/c1-15(2)20(4,14-21)22-19(26)13-23-9-11-24(12-10-23)18-7-5-17(6-8-18)16(3)25/h5-8,15H,9-13H2,1-4H3,(H,22,26)/t20-/m1/s1. The van der Waals surface area contributed by atoms with Crippen molar-refractivity contribution in [1.82, 2.24) is 10.2 Å². The fourth-order valence-corrected chi connectivity index (χ4v) is 2.90. The molecule has 0 radical (unpaired) electrons. The number of hydrogen-bond donors (Lipinski definition) is 1. The van der Waals surface area contributed by atoms with Gasteiger partial charge in [0.05, 0.1) is 12.6 Å². The van der Waals surface area contributed by atoms with Gasteiger partial charge in [-0.25, -0.2) is 0 Å². The number of carbonyl (C=O) groups excluding carboxylic acids is 2. The first-order chi connectivity index (χ1) is 12.2. The maximum absolute atomic E-state index is 12.3. The highest BCUT2D eigenvalue weighted by molar-refractivity contribution is 5.94. The lowest BCUT2D eigenvalue weighted by Crippen LogP contribution is -2.54. The second-order valence-corrected chi connectivity index (χ2v) is 7.38. The van der Waals surface area contributed by atoms with E-state index in [-0.39, 0.29) is 17.6 Å². The number of ketones is 1. The van der Waals surface area contributed by atoms with Crippen molar-refractivity contribution in [3.05, 3.63) is 29.8 Å². The van der Waals surface area contributed by atoms with Crippen LogP contribution in [-0.2, 0) is 4.79 Å². The third-order valence-electron chi connectivity index (χ3n) is 5.16. The lowest BCUT2D eigenvalue weighted by atomic mass is 9.90. The molecule has 0 aliphatic carbocycles. The number of anilines is 1. The summed E-state index contributed by atoms with van der Waals surface area (Å²) in [6, 6.07) is 9.86. The molecule has 1 saturated heterocycles. The molecule has 6 nitrogen and oxygen atoms in total. The summed E-state index contributed by atoms with van der Waals surface area (Å²) in [5, 5.41) is 12.2. The average molecular weight is 356 g/mol. The van der Waals surface area contributed by atoms with Gasteiger partial charge in [-0.3, -0.25) is 14.5 Å². The van der Waals surface area contributed by atoms with Gasteiger partial charge < -0.3 is 10.2 Å². The molecule has 1 aliphatic rings. The second kappa shape index (κ2) is 8.33. The first-order valence-electron chi connectivity index (χ1n) is 9.05. The predicted molar refractivity (Wildman–Crippen MR) is 102 cm³/mol. The van der Waals surface area contributed by atoms with Crippen LogP contribution in [0.25, 0.3) is 0 Å². The van der Waals surface area contributed by atoms with E-state index in [1.165, 1.54) is 0 Å². The third kappa shape index (κ3) is 4.83. The molecule has 26 heavy (non-hydrogen) atoms. The summed E-state index contributed by atoms with van der Waals surface area (Å²) in [4.78, 5) is 28.0. The predicted octanol–water partition coefficient (Wildman–Crippen LogP) is 2.07. The number of piperazine rings is 1. The summed E-state index contributed by atoms with van der Waals surface area (Å²) in [7, 11) is 0. The minimum absolute atomic E-state index is 0.0475. The highest BCUT2D eigenvalue weighted by Crippen LogP contribution is 2.18. The van der Waals surface area contributed by atoms with Gasteiger partial charge in [0.1, 0.15) is 5.54 Å². The van der Waals surface area contributed by atoms with Crippen LogP contribution in [0.4, 0.5) is 5.69 Å². The van der Waals surface area contributed by atoms with E-state index in [9.17, 15) is 14.9 Å². The molecule has 140 valence electrons. The van der Waals surface area contributed by atoms with Gasteiger partial charge in [-0.05, 0) is 44.0 Å². The zero-order valence-electron chi connectivity index (χ0n) is 16.1. The van der Waals surface area contributed by atoms with Crippen molar-refractivity contribution in [1.29, 1.82) is 5.26 Å². The molecule has 0 spiro atoms. The van der Waals surface area contributed by atoms with Crippen LogP contribution in [0.2, 0.25) is 0 Å². The highest BCUT2D eigenvalue weighted by atomic mass is 16.2. The fraction of sp³-hybridized carbons (Fsp3) is 0.550. The summed E-state index contributed by atoms with van der Waals surface area (Å²) in [6.07, 6.45) is 0. The zero-order chi connectivity index (χ0) is 19.3. The molecule has 1 amide bonds. The highest BCUT2D eigenvalue weighted by Gasteiger charge is 2.30. The Morgan fingerprint density at radius 3 is 2.23 bits per heavy atom. The van der Waals surface area contributed by atoms with Crippen LogP contribution in [0.3, 0.4) is 0 Å². The van der Waals surface area contributed by atoms with E-state index >= 15 is 0 Å². The van der Waals surface area contributed by atoms with Gasteiger partial charge >= 0.3 is 0 Å². The zero-order valence-corrected chi connectivity index (χ0v) is 16.1. The summed E-state index contributed by atoms with van der Waals surface area (Å²) in [5.41, 5.74) is 0.975. The number of nitrogens with one attached hydrogen (secondary N) is 1. The number of hydrogen-bond acceptors (Lipinski definition) is 5. The van der Waals surface area contributed by atoms with Crippen molar-refractivity contribution in [2.24, 2.45) is 5.92 Å². The fourth-order valence-electron chi connectivity index (χ4n) is 2.90. The largest absolute Gasteiger partial charge is 0.369 e. The molecule has 1 aromatic rings. The molecule has 0 aromatic heterocycles. The van der Waals surface area contributed by atoms with Gasteiger partial charge in [0.15, 0.2) is 5.78 Å². The Labute approximate surface area is 155 Å². The van der Waals surface area contributed by atoms with Crippen LogP contribution < -0.4 is 10.2 Å². The van der Waals surface area contributed by atoms with Crippen molar-refractivity contribution in [2.45, 2.75) is 33.2 Å². The number of nitriles is 1. The first-order valence-corrected chi connectivity index (χ1v) is 9.05. The molecule has 0 bridgehead atoms. The summed E-state index contributed by atoms with van der Waals surface area (Å²) in [6.45, 7) is 10.7. The smallest absolute Gasteiger partial charge is 0.235 e. The SMILES string of the molecule is CC(=O)c1ccc(N2CCN(CC(=O)N[C@](C)(C#N)C(C)C)CC2)cc1. The van der Waals surface area contributed by atoms with Gasteiger partial charge in [0.2, 0.25) is 5.91 Å². The summed E-state index contributed by atoms with van der Waals surface area (Å²) < 4.78 is 0. The number of Topliss-reactive ketones (excluding diaryl/α,β-unsaturated/α-hetero) is 1. The molecule has 2 rings (SSSR count). The number of nitrogens with zero attached hydrogens (tertiary/aromatic N) is 3. The quantitative estimate of drug-likeness (QED) is 0.790. The monoisotopic (exact) mass is 356 g/mol. The maximum atomic E-state index is 12.3. The minimum Gasteiger partial charge on any atom is -0.369 e. The second-order valence-electron chi connectivity index (χ2n) is 7.38.